The Hall–Kier alpha value is -3.19. The molecule has 0 atom stereocenters. The minimum atomic E-state index is -1.27. The summed E-state index contributed by atoms with van der Waals surface area (Å²) in [5, 5.41) is 11.3. The number of amides is 1. The van der Waals surface area contributed by atoms with Gasteiger partial charge >= 0.3 is 12.1 Å². The SMILES string of the molecule is O=C(Nc1ccc(C(=O)O)c(Br)c1F)OCC1c2ccccc2-c2ccccc21. The number of carbonyl (C=O) groups is 2. The minimum absolute atomic E-state index is 0.0931. The van der Waals surface area contributed by atoms with Crippen LogP contribution in [0.1, 0.15) is 27.4 Å². The lowest BCUT2D eigenvalue weighted by atomic mass is 9.98. The molecule has 29 heavy (non-hydrogen) atoms. The maximum absolute atomic E-state index is 14.3. The fourth-order valence-corrected chi connectivity index (χ4v) is 4.07. The van der Waals surface area contributed by atoms with Crippen molar-refractivity contribution in [1.82, 2.24) is 0 Å². The zero-order chi connectivity index (χ0) is 20.5. The number of carboxylic acid groups (broad SMARTS) is 1. The van der Waals surface area contributed by atoms with Crippen LogP contribution in [0.15, 0.2) is 65.1 Å². The fourth-order valence-electron chi connectivity index (χ4n) is 3.56. The number of hydrogen-bond donors (Lipinski definition) is 2. The van der Waals surface area contributed by atoms with Crippen molar-refractivity contribution in [3.63, 3.8) is 0 Å². The summed E-state index contributed by atoms with van der Waals surface area (Å²) in [7, 11) is 0. The predicted molar refractivity (Wildman–Crippen MR) is 110 cm³/mol. The van der Waals surface area contributed by atoms with Crippen molar-refractivity contribution in [3.8, 4) is 11.1 Å². The normalized spacial score (nSPS) is 12.2. The van der Waals surface area contributed by atoms with Gasteiger partial charge in [-0.2, -0.15) is 0 Å². The summed E-state index contributed by atoms with van der Waals surface area (Å²) in [4.78, 5) is 23.3. The Bertz CT molecular complexity index is 1090. The Balaban J connectivity index is 1.50. The topological polar surface area (TPSA) is 75.6 Å². The number of benzene rings is 3. The van der Waals surface area contributed by atoms with Gasteiger partial charge in [0.05, 0.1) is 15.7 Å². The number of ether oxygens (including phenoxy) is 1. The number of nitrogens with one attached hydrogen (secondary N) is 1. The Kier molecular flexibility index (Phi) is 5.07. The predicted octanol–water partition coefficient (Wildman–Crippen LogP) is 5.65. The summed E-state index contributed by atoms with van der Waals surface area (Å²) in [6, 6.07) is 18.3. The monoisotopic (exact) mass is 455 g/mol. The quantitative estimate of drug-likeness (QED) is 0.532. The smallest absolute Gasteiger partial charge is 0.411 e. The van der Waals surface area contributed by atoms with Gasteiger partial charge in [0, 0.05) is 5.92 Å². The summed E-state index contributed by atoms with van der Waals surface area (Å²) in [6.07, 6.45) is -0.819. The van der Waals surface area contributed by atoms with Crippen LogP contribution in [0.5, 0.6) is 0 Å². The Morgan fingerprint density at radius 1 is 1.00 bits per heavy atom. The molecule has 0 saturated carbocycles. The molecule has 5 nitrogen and oxygen atoms in total. The van der Waals surface area contributed by atoms with E-state index in [0.29, 0.717) is 0 Å². The fraction of sp³-hybridized carbons (Fsp3) is 0.0909. The average Bonchev–Trinajstić information content (AvgIpc) is 3.03. The summed E-state index contributed by atoms with van der Waals surface area (Å²) in [5.41, 5.74) is 3.95. The van der Waals surface area contributed by atoms with E-state index in [-0.39, 0.29) is 28.2 Å². The lowest BCUT2D eigenvalue weighted by Crippen LogP contribution is -2.19. The van der Waals surface area contributed by atoms with Crippen LogP contribution in [0.4, 0.5) is 14.9 Å². The molecule has 0 fully saturated rings. The molecule has 0 bridgehead atoms. The third-order valence-corrected chi connectivity index (χ3v) is 5.67. The molecule has 0 saturated heterocycles. The van der Waals surface area contributed by atoms with Crippen molar-refractivity contribution in [2.24, 2.45) is 0 Å². The Morgan fingerprint density at radius 3 is 2.17 bits per heavy atom. The number of aromatic carboxylic acids is 1. The second kappa shape index (κ2) is 7.67. The van der Waals surface area contributed by atoms with Gasteiger partial charge < -0.3 is 9.84 Å². The van der Waals surface area contributed by atoms with Gasteiger partial charge in [-0.1, -0.05) is 48.5 Å². The van der Waals surface area contributed by atoms with Crippen LogP contribution >= 0.6 is 15.9 Å². The average molecular weight is 456 g/mol. The van der Waals surface area contributed by atoms with E-state index in [1.54, 1.807) is 0 Å². The van der Waals surface area contributed by atoms with E-state index in [0.717, 1.165) is 22.3 Å². The zero-order valence-corrected chi connectivity index (χ0v) is 16.6. The number of fused-ring (bicyclic) bond motifs is 3. The molecule has 146 valence electrons. The van der Waals surface area contributed by atoms with Crippen LogP contribution in [0.3, 0.4) is 0 Å². The molecule has 0 heterocycles. The van der Waals surface area contributed by atoms with E-state index < -0.39 is 17.9 Å². The third-order valence-electron chi connectivity index (χ3n) is 4.89. The Morgan fingerprint density at radius 2 is 1.59 bits per heavy atom. The first-order valence-electron chi connectivity index (χ1n) is 8.80. The summed E-state index contributed by atoms with van der Waals surface area (Å²) in [6.45, 7) is 0.0931. The largest absolute Gasteiger partial charge is 0.478 e. The van der Waals surface area contributed by atoms with Gasteiger partial charge in [0.1, 0.15) is 6.61 Å². The molecule has 1 aliphatic carbocycles. The van der Waals surface area contributed by atoms with E-state index in [1.807, 2.05) is 48.5 Å². The molecule has 0 radical (unpaired) electrons. The highest BCUT2D eigenvalue weighted by Gasteiger charge is 2.29. The molecule has 0 aromatic heterocycles. The van der Waals surface area contributed by atoms with Crippen molar-refractivity contribution >= 4 is 33.7 Å². The highest BCUT2D eigenvalue weighted by molar-refractivity contribution is 9.10. The van der Waals surface area contributed by atoms with E-state index >= 15 is 0 Å². The molecule has 0 unspecified atom stereocenters. The minimum Gasteiger partial charge on any atom is -0.478 e. The van der Waals surface area contributed by atoms with Crippen LogP contribution in [0.25, 0.3) is 11.1 Å². The van der Waals surface area contributed by atoms with Crippen LogP contribution in [-0.4, -0.2) is 23.8 Å². The van der Waals surface area contributed by atoms with Crippen molar-refractivity contribution in [2.75, 3.05) is 11.9 Å². The zero-order valence-electron chi connectivity index (χ0n) is 15.0. The van der Waals surface area contributed by atoms with Crippen LogP contribution in [0.2, 0.25) is 0 Å². The number of anilines is 1. The first kappa shape index (κ1) is 19.1. The molecule has 0 aliphatic heterocycles. The van der Waals surface area contributed by atoms with Crippen molar-refractivity contribution in [1.29, 1.82) is 0 Å². The Labute approximate surface area is 174 Å². The summed E-state index contributed by atoms with van der Waals surface area (Å²) in [5.74, 6) is -2.26. The van der Waals surface area contributed by atoms with Crippen LogP contribution in [-0.2, 0) is 4.74 Å². The molecular weight excluding hydrogens is 441 g/mol. The lowest BCUT2D eigenvalue weighted by molar-refractivity contribution is 0.0695. The molecule has 0 spiro atoms. The number of rotatable bonds is 4. The van der Waals surface area contributed by atoms with E-state index in [1.165, 1.54) is 12.1 Å². The summed E-state index contributed by atoms with van der Waals surface area (Å²) < 4.78 is 19.5. The maximum atomic E-state index is 14.3. The van der Waals surface area contributed by atoms with Crippen LogP contribution in [0, 0.1) is 5.82 Å². The molecule has 7 heteroatoms. The van der Waals surface area contributed by atoms with E-state index in [9.17, 15) is 14.0 Å². The first-order chi connectivity index (χ1) is 14.0. The molecule has 3 aromatic carbocycles. The van der Waals surface area contributed by atoms with Crippen LogP contribution < -0.4 is 5.32 Å². The standard InChI is InChI=1S/C22H15BrFNO4/c23-19-16(21(26)27)9-10-18(20(19)24)25-22(28)29-11-17-14-7-3-1-5-12(14)13-6-2-4-8-15(13)17/h1-10,17H,11H2,(H,25,28)(H,26,27). The van der Waals surface area contributed by atoms with Crippen molar-refractivity contribution in [3.05, 3.63) is 87.6 Å². The number of carbonyl (C=O) groups excluding carboxylic acids is 1. The second-order valence-corrected chi connectivity index (χ2v) is 7.34. The number of carboxylic acids is 1. The molecule has 3 aromatic rings. The molecule has 2 N–H and O–H groups in total. The van der Waals surface area contributed by atoms with Gasteiger partial charge in [-0.15, -0.1) is 0 Å². The van der Waals surface area contributed by atoms with Crippen molar-refractivity contribution < 1.29 is 23.8 Å². The molecule has 1 amide bonds. The van der Waals surface area contributed by atoms with Gasteiger partial charge in [-0.05, 0) is 50.3 Å². The van der Waals surface area contributed by atoms with Gasteiger partial charge in [0.15, 0.2) is 5.82 Å². The molecule has 4 rings (SSSR count). The van der Waals surface area contributed by atoms with Gasteiger partial charge in [-0.3, -0.25) is 5.32 Å². The number of hydrogen-bond acceptors (Lipinski definition) is 3. The molecule has 1 aliphatic rings. The third kappa shape index (κ3) is 3.49. The number of halogens is 2. The van der Waals surface area contributed by atoms with E-state index in [2.05, 4.69) is 21.2 Å². The first-order valence-corrected chi connectivity index (χ1v) is 9.60. The second-order valence-electron chi connectivity index (χ2n) is 6.54. The lowest BCUT2D eigenvalue weighted by Gasteiger charge is -2.15. The molecular formula is C22H15BrFNO4. The van der Waals surface area contributed by atoms with Gasteiger partial charge in [-0.25, -0.2) is 14.0 Å². The van der Waals surface area contributed by atoms with Gasteiger partial charge in [0.25, 0.3) is 0 Å². The maximum Gasteiger partial charge on any atom is 0.411 e. The van der Waals surface area contributed by atoms with Crippen molar-refractivity contribution in [2.45, 2.75) is 5.92 Å². The highest BCUT2D eigenvalue weighted by Crippen LogP contribution is 2.44. The summed E-state index contributed by atoms with van der Waals surface area (Å²) >= 11 is 2.90. The van der Waals surface area contributed by atoms with Gasteiger partial charge in [0.2, 0.25) is 0 Å². The van der Waals surface area contributed by atoms with E-state index in [4.69, 9.17) is 9.84 Å². The highest BCUT2D eigenvalue weighted by atomic mass is 79.9.